The van der Waals surface area contributed by atoms with E-state index >= 15 is 0 Å². The lowest BCUT2D eigenvalue weighted by molar-refractivity contribution is -0.132. The molecule has 1 saturated heterocycles. The van der Waals surface area contributed by atoms with E-state index in [1.54, 1.807) is 16.0 Å². The fourth-order valence-electron chi connectivity index (χ4n) is 3.70. The predicted octanol–water partition coefficient (Wildman–Crippen LogP) is 2.46. The van der Waals surface area contributed by atoms with Crippen LogP contribution in [0.15, 0.2) is 35.7 Å². The van der Waals surface area contributed by atoms with Gasteiger partial charge >= 0.3 is 0 Å². The lowest BCUT2D eigenvalue weighted by Crippen LogP contribution is -2.38. The van der Waals surface area contributed by atoms with Crippen LogP contribution in [0, 0.1) is 0 Å². The maximum absolute atomic E-state index is 12.5. The van der Waals surface area contributed by atoms with Crippen LogP contribution in [0.4, 0.5) is 0 Å². The molecule has 0 spiro atoms. The quantitative estimate of drug-likeness (QED) is 0.655. The van der Waals surface area contributed by atoms with Crippen molar-refractivity contribution < 1.29 is 4.79 Å². The second kappa shape index (κ2) is 8.04. The van der Waals surface area contributed by atoms with E-state index in [2.05, 4.69) is 25.0 Å². The van der Waals surface area contributed by atoms with Crippen LogP contribution in [0.25, 0.3) is 0 Å². The van der Waals surface area contributed by atoms with Gasteiger partial charge in [0.25, 0.3) is 0 Å². The van der Waals surface area contributed by atoms with Crippen molar-refractivity contribution in [3.63, 3.8) is 0 Å². The van der Waals surface area contributed by atoms with E-state index in [-0.39, 0.29) is 5.91 Å². The Morgan fingerprint density at radius 2 is 2.15 bits per heavy atom. The van der Waals surface area contributed by atoms with Crippen LogP contribution in [0.2, 0.25) is 0 Å². The summed E-state index contributed by atoms with van der Waals surface area (Å²) in [4.78, 5) is 23.5. The zero-order valence-corrected chi connectivity index (χ0v) is 16.3. The topological polar surface area (TPSA) is 68.8 Å². The molecule has 0 unspecified atom stereocenters. The zero-order valence-electron chi connectivity index (χ0n) is 15.5. The van der Waals surface area contributed by atoms with Crippen molar-refractivity contribution in [3.05, 3.63) is 52.8 Å². The molecule has 7 nitrogen and oxygen atoms in total. The molecule has 0 N–H and O–H groups in total. The molecule has 1 amide bonds. The summed E-state index contributed by atoms with van der Waals surface area (Å²) in [5.41, 5.74) is 4.05. The van der Waals surface area contributed by atoms with Crippen LogP contribution in [-0.2, 0) is 24.8 Å². The highest BCUT2D eigenvalue weighted by atomic mass is 32.1. The van der Waals surface area contributed by atoms with Gasteiger partial charge in [0.05, 0.1) is 23.9 Å². The third-order valence-electron chi connectivity index (χ3n) is 5.16. The summed E-state index contributed by atoms with van der Waals surface area (Å²) in [7, 11) is 1.90. The molecule has 0 saturated carbocycles. The highest BCUT2D eigenvalue weighted by Crippen LogP contribution is 2.27. The fourth-order valence-corrected chi connectivity index (χ4v) is 4.25. The first kappa shape index (κ1) is 17.9. The van der Waals surface area contributed by atoms with Crippen molar-refractivity contribution in [2.45, 2.75) is 38.1 Å². The summed E-state index contributed by atoms with van der Waals surface area (Å²) < 4.78 is 3.97. The van der Waals surface area contributed by atoms with Gasteiger partial charge in [-0.25, -0.2) is 9.97 Å². The summed E-state index contributed by atoms with van der Waals surface area (Å²) >= 11 is 1.62. The van der Waals surface area contributed by atoms with Crippen LogP contribution >= 0.6 is 11.3 Å². The fraction of sp³-hybridized carbons (Fsp3) is 0.474. The standard InChI is InChI=1S/C19H24N6OS/c1-23-11-15(10-22-23)2-3-18(26)24-7-4-16(5-8-24)19-20-6-9-25(19)12-17-13-27-14-21-17/h6,9-11,13-14,16H,2-5,7-8,12H2,1H3. The van der Waals surface area contributed by atoms with E-state index in [0.29, 0.717) is 12.3 Å². The molecule has 8 heteroatoms. The number of nitrogens with zero attached hydrogens (tertiary/aromatic N) is 6. The molecule has 27 heavy (non-hydrogen) atoms. The van der Waals surface area contributed by atoms with Crippen molar-refractivity contribution in [3.8, 4) is 0 Å². The first-order chi connectivity index (χ1) is 13.2. The first-order valence-electron chi connectivity index (χ1n) is 9.32. The Bertz CT molecular complexity index is 876. The minimum absolute atomic E-state index is 0.239. The van der Waals surface area contributed by atoms with E-state index in [1.807, 2.05) is 42.2 Å². The first-order valence-corrected chi connectivity index (χ1v) is 10.3. The van der Waals surface area contributed by atoms with Crippen LogP contribution in [0.5, 0.6) is 0 Å². The molecule has 0 aromatic carbocycles. The third-order valence-corrected chi connectivity index (χ3v) is 5.80. The van der Waals surface area contributed by atoms with Gasteiger partial charge in [0.2, 0.25) is 5.91 Å². The number of rotatable bonds is 6. The third kappa shape index (κ3) is 4.27. The zero-order chi connectivity index (χ0) is 18.6. The number of imidazole rings is 1. The Labute approximate surface area is 162 Å². The largest absolute Gasteiger partial charge is 0.343 e. The number of piperidine rings is 1. The normalized spacial score (nSPS) is 15.4. The van der Waals surface area contributed by atoms with Gasteiger partial charge in [-0.3, -0.25) is 9.48 Å². The number of thiazole rings is 1. The van der Waals surface area contributed by atoms with Gasteiger partial charge in [0.15, 0.2) is 0 Å². The van der Waals surface area contributed by atoms with Crippen LogP contribution in [-0.4, -0.2) is 48.2 Å². The number of carbonyl (C=O) groups excluding carboxylic acids is 1. The van der Waals surface area contributed by atoms with Gasteiger partial charge in [-0.1, -0.05) is 0 Å². The van der Waals surface area contributed by atoms with Gasteiger partial charge in [-0.05, 0) is 24.8 Å². The van der Waals surface area contributed by atoms with Crippen molar-refractivity contribution in [1.29, 1.82) is 0 Å². The summed E-state index contributed by atoms with van der Waals surface area (Å²) in [5, 5.41) is 6.24. The number of carbonyl (C=O) groups is 1. The molecule has 0 bridgehead atoms. The average molecular weight is 385 g/mol. The average Bonchev–Trinajstić information content (AvgIpc) is 3.43. The lowest BCUT2D eigenvalue weighted by atomic mass is 9.95. The molecule has 1 aliphatic heterocycles. The molecule has 142 valence electrons. The summed E-state index contributed by atoms with van der Waals surface area (Å²) in [5.74, 6) is 1.76. The highest BCUT2D eigenvalue weighted by Gasteiger charge is 2.26. The number of hydrogen-bond acceptors (Lipinski definition) is 5. The van der Waals surface area contributed by atoms with Crippen molar-refractivity contribution in [1.82, 2.24) is 29.2 Å². The van der Waals surface area contributed by atoms with Gasteiger partial charge in [-0.15, -0.1) is 11.3 Å². The number of aromatic nitrogens is 5. The monoisotopic (exact) mass is 384 g/mol. The molecule has 3 aromatic rings. The number of aryl methyl sites for hydroxylation is 2. The SMILES string of the molecule is Cn1cc(CCC(=O)N2CCC(c3nccn3Cc3cscn3)CC2)cn1. The highest BCUT2D eigenvalue weighted by molar-refractivity contribution is 7.07. The molecule has 3 aromatic heterocycles. The van der Waals surface area contributed by atoms with Crippen LogP contribution < -0.4 is 0 Å². The predicted molar refractivity (Wildman–Crippen MR) is 104 cm³/mol. The molecule has 4 rings (SSSR count). The molecule has 4 heterocycles. The van der Waals surface area contributed by atoms with Crippen molar-refractivity contribution in [2.75, 3.05) is 13.1 Å². The van der Waals surface area contributed by atoms with Gasteiger partial charge in [0.1, 0.15) is 5.82 Å². The molecule has 1 aliphatic rings. The van der Waals surface area contributed by atoms with E-state index in [4.69, 9.17) is 0 Å². The van der Waals surface area contributed by atoms with Crippen molar-refractivity contribution >= 4 is 17.2 Å². The Morgan fingerprint density at radius 1 is 1.30 bits per heavy atom. The minimum atomic E-state index is 0.239. The second-order valence-corrected chi connectivity index (χ2v) is 7.79. The maximum atomic E-state index is 12.5. The summed E-state index contributed by atoms with van der Waals surface area (Å²) in [6, 6.07) is 0. The van der Waals surface area contributed by atoms with E-state index < -0.39 is 0 Å². The molecule has 0 radical (unpaired) electrons. The summed E-state index contributed by atoms with van der Waals surface area (Å²) in [6.45, 7) is 2.38. The van der Waals surface area contributed by atoms with Gasteiger partial charge < -0.3 is 9.47 Å². The molecular weight excluding hydrogens is 360 g/mol. The smallest absolute Gasteiger partial charge is 0.222 e. The van der Waals surface area contributed by atoms with E-state index in [9.17, 15) is 4.79 Å². The molecule has 0 aliphatic carbocycles. The molecular formula is C19H24N6OS. The Kier molecular flexibility index (Phi) is 5.33. The number of hydrogen-bond donors (Lipinski definition) is 0. The Balaban J connectivity index is 1.30. The molecule has 0 atom stereocenters. The molecule has 1 fully saturated rings. The second-order valence-electron chi connectivity index (χ2n) is 7.07. The van der Waals surface area contributed by atoms with Crippen LogP contribution in [0.3, 0.4) is 0 Å². The number of amides is 1. The summed E-state index contributed by atoms with van der Waals surface area (Å²) in [6.07, 6.45) is 10.9. The minimum Gasteiger partial charge on any atom is -0.343 e. The van der Waals surface area contributed by atoms with E-state index in [0.717, 1.165) is 56.0 Å². The lowest BCUT2D eigenvalue weighted by Gasteiger charge is -2.32. The van der Waals surface area contributed by atoms with E-state index in [1.165, 1.54) is 0 Å². The number of likely N-dealkylation sites (tertiary alicyclic amines) is 1. The van der Waals surface area contributed by atoms with Crippen molar-refractivity contribution in [2.24, 2.45) is 7.05 Å². The Morgan fingerprint density at radius 3 is 2.85 bits per heavy atom. The van der Waals surface area contributed by atoms with Gasteiger partial charge in [0, 0.05) is 56.4 Å². The Hall–Kier alpha value is -2.48. The maximum Gasteiger partial charge on any atom is 0.222 e. The van der Waals surface area contributed by atoms with Gasteiger partial charge in [-0.2, -0.15) is 5.10 Å². The van der Waals surface area contributed by atoms with Crippen LogP contribution in [0.1, 0.15) is 42.3 Å².